The van der Waals surface area contributed by atoms with Gasteiger partial charge in [-0.05, 0) is 67.5 Å². The number of aromatic amines is 1. The predicted octanol–water partition coefficient (Wildman–Crippen LogP) is 5.58. The zero-order valence-electron chi connectivity index (χ0n) is 25.0. The van der Waals surface area contributed by atoms with Gasteiger partial charge in [0.1, 0.15) is 23.8 Å². The number of hydrogen-bond acceptors (Lipinski definition) is 8. The van der Waals surface area contributed by atoms with Crippen LogP contribution in [0.4, 0.5) is 19.4 Å². The topological polar surface area (TPSA) is 147 Å². The molecule has 1 aromatic carbocycles. The number of aromatic nitrogens is 5. The number of halogens is 2. The molecule has 5 aromatic rings. The van der Waals surface area contributed by atoms with E-state index in [-0.39, 0.29) is 41.9 Å². The third-order valence-electron chi connectivity index (χ3n) is 7.94. The molecule has 0 spiro atoms. The fourth-order valence-electron chi connectivity index (χ4n) is 5.53. The Kier molecular flexibility index (Phi) is 9.08. The zero-order valence-corrected chi connectivity index (χ0v) is 25.0. The number of rotatable bonds is 9. The van der Waals surface area contributed by atoms with Crippen LogP contribution in [0, 0.1) is 18.6 Å². The molecular weight excluding hydrogens is 594 g/mol. The average Bonchev–Trinajstić information content (AvgIpc) is 3.48. The number of nitrogens with one attached hydrogen (secondary N) is 4. The molecule has 0 unspecified atom stereocenters. The number of benzene rings is 1. The molecule has 0 saturated heterocycles. The highest BCUT2D eigenvalue weighted by Crippen LogP contribution is 2.28. The highest BCUT2D eigenvalue weighted by molar-refractivity contribution is 5.93. The first kappa shape index (κ1) is 30.6. The van der Waals surface area contributed by atoms with Crippen molar-refractivity contribution in [1.82, 2.24) is 35.6 Å². The Labute approximate surface area is 263 Å². The number of aryl methyl sites for hydroxylation is 1. The minimum Gasteiger partial charge on any atom is -0.445 e. The van der Waals surface area contributed by atoms with E-state index in [0.29, 0.717) is 35.1 Å². The number of amides is 2. The van der Waals surface area contributed by atoms with Gasteiger partial charge in [0.25, 0.3) is 5.91 Å². The number of nitrogens with zero attached hydrogens (tertiary/aromatic N) is 4. The Hall–Kier alpha value is -5.46. The fraction of sp³-hybridized carbons (Fsp3) is 0.273. The van der Waals surface area contributed by atoms with Crippen molar-refractivity contribution < 1.29 is 23.1 Å². The minimum atomic E-state index is -0.619. The van der Waals surface area contributed by atoms with E-state index >= 15 is 0 Å². The molecule has 236 valence electrons. The second-order valence-corrected chi connectivity index (χ2v) is 11.2. The van der Waals surface area contributed by atoms with E-state index in [2.05, 4.69) is 40.9 Å². The molecule has 0 bridgehead atoms. The first-order valence-electron chi connectivity index (χ1n) is 15.0. The highest BCUT2D eigenvalue weighted by Gasteiger charge is 2.26. The normalized spacial score (nSPS) is 16.2. The van der Waals surface area contributed by atoms with Crippen LogP contribution in [0.25, 0.3) is 22.4 Å². The number of carbonyl (C=O) groups excluding carboxylic acids is 2. The maximum absolute atomic E-state index is 14.8. The number of H-pyrrole nitrogens is 1. The van der Waals surface area contributed by atoms with E-state index < -0.39 is 17.7 Å². The van der Waals surface area contributed by atoms with Crippen molar-refractivity contribution >= 4 is 28.9 Å². The Bertz CT molecular complexity index is 1880. The Morgan fingerprint density at radius 2 is 1.89 bits per heavy atom. The van der Waals surface area contributed by atoms with Crippen molar-refractivity contribution in [2.24, 2.45) is 0 Å². The maximum Gasteiger partial charge on any atom is 0.407 e. The molecule has 4 heterocycles. The summed E-state index contributed by atoms with van der Waals surface area (Å²) in [5.41, 5.74) is 3.86. The number of carbonyl (C=O) groups is 2. The molecule has 2 amide bonds. The third kappa shape index (κ3) is 7.25. The molecule has 4 N–H and O–H groups in total. The highest BCUT2D eigenvalue weighted by atomic mass is 19.1. The third-order valence-corrected chi connectivity index (χ3v) is 7.94. The Morgan fingerprint density at radius 3 is 2.76 bits per heavy atom. The van der Waals surface area contributed by atoms with E-state index in [9.17, 15) is 18.4 Å². The number of pyridine rings is 2. The molecular formula is C33H32F2N8O3. The average molecular weight is 627 g/mol. The lowest BCUT2D eigenvalue weighted by atomic mass is 9.91. The molecule has 46 heavy (non-hydrogen) atoms. The van der Waals surface area contributed by atoms with Gasteiger partial charge < -0.3 is 25.7 Å². The Morgan fingerprint density at radius 1 is 1.04 bits per heavy atom. The molecule has 13 heteroatoms. The van der Waals surface area contributed by atoms with Gasteiger partial charge in [0.2, 0.25) is 0 Å². The predicted molar refractivity (Wildman–Crippen MR) is 167 cm³/mol. The zero-order chi connectivity index (χ0) is 32.0. The molecule has 4 aromatic heterocycles. The van der Waals surface area contributed by atoms with Crippen molar-refractivity contribution in [3.05, 3.63) is 101 Å². The lowest BCUT2D eigenvalue weighted by molar-refractivity contribution is 0.0921. The molecule has 1 aliphatic rings. The molecule has 2 atom stereocenters. The van der Waals surface area contributed by atoms with E-state index in [1.807, 2.05) is 31.2 Å². The SMILES string of the molecule is Cc1ccccc1CNC(=O)OCc1ccnc(C(=O)N[C@H]2CCC[C@@H](Nc3nc(-c4c[nH]c5ncc(F)cc45)ncc3F)C2)c1. The summed E-state index contributed by atoms with van der Waals surface area (Å²) < 4.78 is 33.9. The summed E-state index contributed by atoms with van der Waals surface area (Å²) in [5.74, 6) is -1.23. The van der Waals surface area contributed by atoms with E-state index in [4.69, 9.17) is 4.74 Å². The monoisotopic (exact) mass is 626 g/mol. The first-order chi connectivity index (χ1) is 22.3. The van der Waals surface area contributed by atoms with Crippen LogP contribution >= 0.6 is 0 Å². The summed E-state index contributed by atoms with van der Waals surface area (Å²) in [6, 6.07) is 12.0. The lowest BCUT2D eigenvalue weighted by Crippen LogP contribution is -2.42. The Balaban J connectivity index is 1.03. The summed E-state index contributed by atoms with van der Waals surface area (Å²) in [6.07, 6.45) is 7.57. The first-order valence-corrected chi connectivity index (χ1v) is 15.0. The van der Waals surface area contributed by atoms with Crippen molar-refractivity contribution in [2.75, 3.05) is 5.32 Å². The summed E-state index contributed by atoms with van der Waals surface area (Å²) in [7, 11) is 0. The molecule has 1 saturated carbocycles. The van der Waals surface area contributed by atoms with Gasteiger partial charge in [0, 0.05) is 42.0 Å². The van der Waals surface area contributed by atoms with Gasteiger partial charge in [-0.2, -0.15) is 0 Å². The van der Waals surface area contributed by atoms with Crippen LogP contribution in [0.3, 0.4) is 0 Å². The molecule has 11 nitrogen and oxygen atoms in total. The number of alkyl carbamates (subject to hydrolysis) is 1. The largest absolute Gasteiger partial charge is 0.445 e. The number of hydrogen-bond donors (Lipinski definition) is 4. The van der Waals surface area contributed by atoms with Crippen LogP contribution < -0.4 is 16.0 Å². The second kappa shape index (κ2) is 13.7. The van der Waals surface area contributed by atoms with Gasteiger partial charge in [-0.15, -0.1) is 0 Å². The van der Waals surface area contributed by atoms with Crippen LogP contribution in [0.2, 0.25) is 0 Å². The second-order valence-electron chi connectivity index (χ2n) is 11.2. The van der Waals surface area contributed by atoms with Gasteiger partial charge in [-0.25, -0.2) is 28.5 Å². The van der Waals surface area contributed by atoms with Gasteiger partial charge in [0.15, 0.2) is 17.5 Å². The van der Waals surface area contributed by atoms with Gasteiger partial charge in [-0.1, -0.05) is 24.3 Å². The number of anilines is 1. The van der Waals surface area contributed by atoms with Crippen LogP contribution in [-0.4, -0.2) is 49.0 Å². The fourth-order valence-corrected chi connectivity index (χ4v) is 5.53. The van der Waals surface area contributed by atoms with Crippen molar-refractivity contribution in [3.8, 4) is 11.4 Å². The van der Waals surface area contributed by atoms with Gasteiger partial charge in [0.05, 0.1) is 12.4 Å². The van der Waals surface area contributed by atoms with Crippen molar-refractivity contribution in [1.29, 1.82) is 0 Å². The quantitative estimate of drug-likeness (QED) is 0.166. The summed E-state index contributed by atoms with van der Waals surface area (Å²) >= 11 is 0. The molecule has 6 rings (SSSR count). The van der Waals surface area contributed by atoms with Crippen LogP contribution in [0.1, 0.15) is 52.9 Å². The standard InChI is InChI=1S/C33H32F2N8O3/c1-19-5-2-3-6-21(19)14-40-33(45)46-18-20-9-10-36-28(11-20)32(44)42-24-8-4-7-23(13-24)41-31-27(35)17-39-30(43-31)26-16-38-29-25(26)12-22(34)15-37-29/h2-3,5-6,9-12,15-17,23-24H,4,7-8,13-14,18H2,1H3,(H,37,38)(H,40,45)(H,42,44)(H,39,41,43)/t23-,24+/m1/s1. The van der Waals surface area contributed by atoms with E-state index in [0.717, 1.165) is 42.8 Å². The molecule has 1 aliphatic carbocycles. The summed E-state index contributed by atoms with van der Waals surface area (Å²) in [5, 5.41) is 9.42. The van der Waals surface area contributed by atoms with Crippen molar-refractivity contribution in [2.45, 2.75) is 57.8 Å². The smallest absolute Gasteiger partial charge is 0.407 e. The minimum absolute atomic E-state index is 0.0195. The molecule has 0 aliphatic heterocycles. The molecule has 0 radical (unpaired) electrons. The molecule has 1 fully saturated rings. The van der Waals surface area contributed by atoms with Crippen LogP contribution in [0.15, 0.2) is 67.3 Å². The van der Waals surface area contributed by atoms with Crippen molar-refractivity contribution in [3.63, 3.8) is 0 Å². The summed E-state index contributed by atoms with van der Waals surface area (Å²) in [4.78, 5) is 45.0. The maximum atomic E-state index is 14.8. The lowest BCUT2D eigenvalue weighted by Gasteiger charge is -2.30. The number of ether oxygens (including phenoxy) is 1. The summed E-state index contributed by atoms with van der Waals surface area (Å²) in [6.45, 7) is 2.30. The van der Waals surface area contributed by atoms with Gasteiger partial charge in [-0.3, -0.25) is 9.78 Å². The van der Waals surface area contributed by atoms with Gasteiger partial charge >= 0.3 is 6.09 Å². The number of fused-ring (bicyclic) bond motifs is 1. The van der Waals surface area contributed by atoms with E-state index in [1.165, 1.54) is 12.3 Å². The van der Waals surface area contributed by atoms with Crippen LogP contribution in [0.5, 0.6) is 0 Å². The van der Waals surface area contributed by atoms with E-state index in [1.54, 1.807) is 18.3 Å². The van der Waals surface area contributed by atoms with Crippen LogP contribution in [-0.2, 0) is 17.9 Å².